The topological polar surface area (TPSA) is 37.3 Å². The highest BCUT2D eigenvalue weighted by Crippen LogP contribution is 2.31. The maximum absolute atomic E-state index is 11.1. The number of rotatable bonds is 3. The lowest BCUT2D eigenvalue weighted by molar-refractivity contribution is 0.0693. The van der Waals surface area contributed by atoms with Crippen molar-refractivity contribution in [2.75, 3.05) is 0 Å². The Morgan fingerprint density at radius 2 is 1.82 bits per heavy atom. The van der Waals surface area contributed by atoms with E-state index in [1.54, 1.807) is 12.1 Å². The van der Waals surface area contributed by atoms with Crippen LogP contribution >= 0.6 is 23.4 Å². The summed E-state index contributed by atoms with van der Waals surface area (Å²) in [5.41, 5.74) is 0.228. The Kier molecular flexibility index (Phi) is 3.71. The molecule has 2 aromatic carbocycles. The first-order chi connectivity index (χ1) is 8.16. The summed E-state index contributed by atoms with van der Waals surface area (Å²) in [5, 5.41) is 9.53. The minimum Gasteiger partial charge on any atom is -0.478 e. The molecule has 0 aliphatic rings. The van der Waals surface area contributed by atoms with Crippen LogP contribution < -0.4 is 0 Å². The van der Waals surface area contributed by atoms with Crippen LogP contribution in [-0.4, -0.2) is 11.1 Å². The fourth-order valence-electron chi connectivity index (χ4n) is 1.37. The Balaban J connectivity index is 2.36. The number of carboxylic acid groups (broad SMARTS) is 1. The monoisotopic (exact) mass is 264 g/mol. The molecule has 0 radical (unpaired) electrons. The third kappa shape index (κ3) is 3.02. The van der Waals surface area contributed by atoms with Crippen LogP contribution in [-0.2, 0) is 0 Å². The molecule has 2 aromatic rings. The molecule has 0 aliphatic carbocycles. The van der Waals surface area contributed by atoms with Crippen LogP contribution in [0.15, 0.2) is 58.3 Å². The van der Waals surface area contributed by atoms with E-state index in [0.29, 0.717) is 9.92 Å². The van der Waals surface area contributed by atoms with Gasteiger partial charge in [-0.2, -0.15) is 0 Å². The highest BCUT2D eigenvalue weighted by molar-refractivity contribution is 7.99. The molecule has 0 saturated heterocycles. The lowest BCUT2D eigenvalue weighted by Crippen LogP contribution is -1.98. The molecule has 0 aliphatic heterocycles. The third-order valence-corrected chi connectivity index (χ3v) is 3.46. The molecule has 17 heavy (non-hydrogen) atoms. The standard InChI is InChI=1S/C13H9ClO2S/c14-9-6-7-12(11(8-9)13(15)16)17-10-4-2-1-3-5-10/h1-8H,(H,15,16). The van der Waals surface area contributed by atoms with Crippen LogP contribution in [0.5, 0.6) is 0 Å². The molecule has 0 unspecified atom stereocenters. The van der Waals surface area contributed by atoms with E-state index in [1.165, 1.54) is 17.8 Å². The Labute approximate surface area is 108 Å². The summed E-state index contributed by atoms with van der Waals surface area (Å²) in [7, 11) is 0. The number of benzene rings is 2. The van der Waals surface area contributed by atoms with Crippen molar-refractivity contribution >= 4 is 29.3 Å². The fraction of sp³-hybridized carbons (Fsp3) is 0. The van der Waals surface area contributed by atoms with Gasteiger partial charge in [-0.05, 0) is 30.3 Å². The number of hydrogen-bond donors (Lipinski definition) is 1. The smallest absolute Gasteiger partial charge is 0.336 e. The van der Waals surface area contributed by atoms with Gasteiger partial charge in [0, 0.05) is 14.8 Å². The van der Waals surface area contributed by atoms with Crippen molar-refractivity contribution < 1.29 is 9.90 Å². The van der Waals surface area contributed by atoms with Gasteiger partial charge in [-0.3, -0.25) is 0 Å². The zero-order valence-corrected chi connectivity index (χ0v) is 10.3. The molecule has 0 amide bonds. The Bertz CT molecular complexity index is 540. The molecule has 0 saturated carbocycles. The molecule has 0 aromatic heterocycles. The second-order valence-electron chi connectivity index (χ2n) is 3.36. The molecule has 1 N–H and O–H groups in total. The number of aromatic carboxylic acids is 1. The summed E-state index contributed by atoms with van der Waals surface area (Å²) in [6.45, 7) is 0. The molecule has 0 spiro atoms. The third-order valence-electron chi connectivity index (χ3n) is 2.14. The molecule has 4 heteroatoms. The van der Waals surface area contributed by atoms with Gasteiger partial charge in [0.25, 0.3) is 0 Å². The minimum atomic E-state index is -0.967. The lowest BCUT2D eigenvalue weighted by Gasteiger charge is -2.06. The Morgan fingerprint density at radius 3 is 2.47 bits per heavy atom. The lowest BCUT2D eigenvalue weighted by atomic mass is 10.2. The fourth-order valence-corrected chi connectivity index (χ4v) is 2.49. The quantitative estimate of drug-likeness (QED) is 0.903. The van der Waals surface area contributed by atoms with E-state index < -0.39 is 5.97 Å². The van der Waals surface area contributed by atoms with E-state index in [-0.39, 0.29) is 5.56 Å². The highest BCUT2D eigenvalue weighted by atomic mass is 35.5. The van der Waals surface area contributed by atoms with E-state index in [9.17, 15) is 4.79 Å². The predicted octanol–water partition coefficient (Wildman–Crippen LogP) is 4.19. The highest BCUT2D eigenvalue weighted by Gasteiger charge is 2.11. The number of hydrogen-bond acceptors (Lipinski definition) is 2. The molecular weight excluding hydrogens is 256 g/mol. The summed E-state index contributed by atoms with van der Waals surface area (Å²) < 4.78 is 0. The Morgan fingerprint density at radius 1 is 1.12 bits per heavy atom. The van der Waals surface area contributed by atoms with E-state index in [4.69, 9.17) is 16.7 Å². The molecule has 0 heterocycles. The summed E-state index contributed by atoms with van der Waals surface area (Å²) in [6, 6.07) is 14.5. The Hall–Kier alpha value is -1.45. The summed E-state index contributed by atoms with van der Waals surface area (Å²) in [6.07, 6.45) is 0. The van der Waals surface area contributed by atoms with Crippen molar-refractivity contribution in [2.45, 2.75) is 9.79 Å². The average Bonchev–Trinajstić information content (AvgIpc) is 2.32. The van der Waals surface area contributed by atoms with Crippen LogP contribution in [0.25, 0.3) is 0 Å². The number of carbonyl (C=O) groups is 1. The van der Waals surface area contributed by atoms with E-state index >= 15 is 0 Å². The number of carboxylic acids is 1. The van der Waals surface area contributed by atoms with Crippen molar-refractivity contribution in [1.82, 2.24) is 0 Å². The van der Waals surface area contributed by atoms with Crippen molar-refractivity contribution in [3.63, 3.8) is 0 Å². The first-order valence-electron chi connectivity index (χ1n) is 4.92. The average molecular weight is 265 g/mol. The molecule has 86 valence electrons. The maximum Gasteiger partial charge on any atom is 0.336 e. The van der Waals surface area contributed by atoms with Crippen molar-refractivity contribution in [2.24, 2.45) is 0 Å². The first-order valence-corrected chi connectivity index (χ1v) is 6.12. The molecule has 0 fully saturated rings. The molecule has 2 rings (SSSR count). The van der Waals surface area contributed by atoms with Crippen LogP contribution in [0.3, 0.4) is 0 Å². The van der Waals surface area contributed by atoms with Crippen molar-refractivity contribution in [3.8, 4) is 0 Å². The predicted molar refractivity (Wildman–Crippen MR) is 69.0 cm³/mol. The van der Waals surface area contributed by atoms with Crippen LogP contribution in [0.4, 0.5) is 0 Å². The largest absolute Gasteiger partial charge is 0.478 e. The van der Waals surface area contributed by atoms with Gasteiger partial charge >= 0.3 is 5.97 Å². The van der Waals surface area contributed by atoms with Gasteiger partial charge < -0.3 is 5.11 Å². The van der Waals surface area contributed by atoms with E-state index in [0.717, 1.165) is 4.90 Å². The minimum absolute atomic E-state index is 0.228. The summed E-state index contributed by atoms with van der Waals surface area (Å²) in [5.74, 6) is -0.967. The second kappa shape index (κ2) is 5.25. The van der Waals surface area contributed by atoms with Gasteiger partial charge in [-0.1, -0.05) is 41.6 Å². The zero-order valence-electron chi connectivity index (χ0n) is 8.76. The van der Waals surface area contributed by atoms with Crippen LogP contribution in [0.1, 0.15) is 10.4 Å². The van der Waals surface area contributed by atoms with Crippen molar-refractivity contribution in [1.29, 1.82) is 0 Å². The van der Waals surface area contributed by atoms with Gasteiger partial charge in [-0.25, -0.2) is 4.79 Å². The van der Waals surface area contributed by atoms with E-state index in [2.05, 4.69) is 0 Å². The summed E-state index contributed by atoms with van der Waals surface area (Å²) in [4.78, 5) is 12.8. The molecule has 0 bridgehead atoms. The maximum atomic E-state index is 11.1. The number of halogens is 1. The SMILES string of the molecule is O=C(O)c1cc(Cl)ccc1Sc1ccccc1. The first kappa shape index (κ1) is 12.0. The molecular formula is C13H9ClO2S. The normalized spacial score (nSPS) is 10.2. The van der Waals surface area contributed by atoms with Gasteiger partial charge in [0.2, 0.25) is 0 Å². The van der Waals surface area contributed by atoms with Gasteiger partial charge in [0.05, 0.1) is 5.56 Å². The second-order valence-corrected chi connectivity index (χ2v) is 4.91. The molecule has 0 atom stereocenters. The van der Waals surface area contributed by atoms with Crippen LogP contribution in [0.2, 0.25) is 5.02 Å². The van der Waals surface area contributed by atoms with Gasteiger partial charge in [0.15, 0.2) is 0 Å². The summed E-state index contributed by atoms with van der Waals surface area (Å²) >= 11 is 7.20. The van der Waals surface area contributed by atoms with Crippen molar-refractivity contribution in [3.05, 3.63) is 59.1 Å². The molecule has 2 nitrogen and oxygen atoms in total. The van der Waals surface area contributed by atoms with Gasteiger partial charge in [-0.15, -0.1) is 0 Å². The van der Waals surface area contributed by atoms with Gasteiger partial charge in [0.1, 0.15) is 0 Å². The zero-order chi connectivity index (χ0) is 12.3. The van der Waals surface area contributed by atoms with Crippen LogP contribution in [0, 0.1) is 0 Å². The van der Waals surface area contributed by atoms with E-state index in [1.807, 2.05) is 30.3 Å².